The molecule has 1 atom stereocenters. The molecule has 0 unspecified atom stereocenters. The average molecular weight is 262 g/mol. The van der Waals surface area contributed by atoms with E-state index in [-0.39, 0.29) is 18.6 Å². The third kappa shape index (κ3) is 3.47. The van der Waals surface area contributed by atoms with Crippen molar-refractivity contribution in [3.8, 4) is 5.75 Å². The SMILES string of the molecule is Cc1cc([C@@H](C)N)ccc1OCC(=O)N(C)C1CC1. The number of rotatable bonds is 5. The molecule has 19 heavy (non-hydrogen) atoms. The molecule has 2 rings (SSSR count). The zero-order valence-corrected chi connectivity index (χ0v) is 11.8. The highest BCUT2D eigenvalue weighted by molar-refractivity contribution is 5.78. The van der Waals surface area contributed by atoms with Gasteiger partial charge >= 0.3 is 0 Å². The molecule has 0 aliphatic heterocycles. The molecular formula is C15H22N2O2. The molecule has 1 aliphatic carbocycles. The van der Waals surface area contributed by atoms with Gasteiger partial charge in [-0.3, -0.25) is 4.79 Å². The van der Waals surface area contributed by atoms with E-state index in [0.717, 1.165) is 29.7 Å². The molecule has 4 nitrogen and oxygen atoms in total. The summed E-state index contributed by atoms with van der Waals surface area (Å²) < 4.78 is 5.60. The van der Waals surface area contributed by atoms with Crippen molar-refractivity contribution in [2.75, 3.05) is 13.7 Å². The van der Waals surface area contributed by atoms with Gasteiger partial charge in [0.15, 0.2) is 6.61 Å². The number of carbonyl (C=O) groups excluding carboxylic acids is 1. The molecule has 1 saturated carbocycles. The topological polar surface area (TPSA) is 55.6 Å². The van der Waals surface area contributed by atoms with Crippen LogP contribution < -0.4 is 10.5 Å². The summed E-state index contributed by atoms with van der Waals surface area (Å²) in [7, 11) is 1.84. The number of likely N-dealkylation sites (N-methyl/N-ethyl adjacent to an activating group) is 1. The molecule has 0 aromatic heterocycles. The van der Waals surface area contributed by atoms with E-state index in [1.54, 1.807) is 4.90 Å². The predicted octanol–water partition coefficient (Wildman–Crippen LogP) is 2.01. The number of benzene rings is 1. The number of nitrogens with zero attached hydrogens (tertiary/aromatic N) is 1. The summed E-state index contributed by atoms with van der Waals surface area (Å²) in [6.45, 7) is 4.02. The van der Waals surface area contributed by atoms with Gasteiger partial charge in [-0.1, -0.05) is 12.1 Å². The van der Waals surface area contributed by atoms with Gasteiger partial charge in [-0.25, -0.2) is 0 Å². The van der Waals surface area contributed by atoms with Crippen molar-refractivity contribution in [2.24, 2.45) is 5.73 Å². The summed E-state index contributed by atoms with van der Waals surface area (Å²) in [6, 6.07) is 6.28. The maximum Gasteiger partial charge on any atom is 0.260 e. The number of nitrogens with two attached hydrogens (primary N) is 1. The highest BCUT2D eigenvalue weighted by Crippen LogP contribution is 2.26. The fraction of sp³-hybridized carbons (Fsp3) is 0.533. The molecule has 0 spiro atoms. The minimum Gasteiger partial charge on any atom is -0.484 e. The van der Waals surface area contributed by atoms with Crippen LogP contribution in [-0.4, -0.2) is 30.5 Å². The molecule has 1 aromatic rings. The lowest BCUT2D eigenvalue weighted by atomic mass is 10.1. The zero-order valence-electron chi connectivity index (χ0n) is 11.8. The first kappa shape index (κ1) is 13.9. The average Bonchev–Trinajstić information content (AvgIpc) is 3.20. The van der Waals surface area contributed by atoms with Gasteiger partial charge < -0.3 is 15.4 Å². The van der Waals surface area contributed by atoms with Gasteiger partial charge in [0.25, 0.3) is 5.91 Å². The van der Waals surface area contributed by atoms with Crippen molar-refractivity contribution in [3.05, 3.63) is 29.3 Å². The van der Waals surface area contributed by atoms with E-state index < -0.39 is 0 Å². The van der Waals surface area contributed by atoms with Crippen molar-refractivity contribution < 1.29 is 9.53 Å². The second-order valence-electron chi connectivity index (χ2n) is 5.34. The smallest absolute Gasteiger partial charge is 0.260 e. The van der Waals surface area contributed by atoms with Crippen molar-refractivity contribution in [3.63, 3.8) is 0 Å². The van der Waals surface area contributed by atoms with Gasteiger partial charge in [0.05, 0.1) is 0 Å². The number of hydrogen-bond acceptors (Lipinski definition) is 3. The van der Waals surface area contributed by atoms with Gasteiger partial charge in [-0.15, -0.1) is 0 Å². The molecule has 0 radical (unpaired) electrons. The molecule has 1 aromatic carbocycles. The molecule has 1 fully saturated rings. The van der Waals surface area contributed by atoms with E-state index in [1.165, 1.54) is 0 Å². The first-order valence-electron chi connectivity index (χ1n) is 6.73. The molecule has 104 valence electrons. The van der Waals surface area contributed by atoms with E-state index in [4.69, 9.17) is 10.5 Å². The van der Waals surface area contributed by atoms with Crippen LogP contribution in [0.5, 0.6) is 5.75 Å². The second-order valence-corrected chi connectivity index (χ2v) is 5.34. The summed E-state index contributed by atoms with van der Waals surface area (Å²) in [6.07, 6.45) is 2.23. The van der Waals surface area contributed by atoms with Crippen LogP contribution in [0.15, 0.2) is 18.2 Å². The van der Waals surface area contributed by atoms with Crippen LogP contribution in [0.2, 0.25) is 0 Å². The lowest BCUT2D eigenvalue weighted by molar-refractivity contribution is -0.132. The minimum atomic E-state index is 0.00961. The van der Waals surface area contributed by atoms with Crippen molar-refractivity contribution in [1.29, 1.82) is 0 Å². The van der Waals surface area contributed by atoms with Gasteiger partial charge in [0.2, 0.25) is 0 Å². The van der Waals surface area contributed by atoms with E-state index in [9.17, 15) is 4.79 Å². The Labute approximate surface area is 114 Å². The summed E-state index contributed by atoms with van der Waals surface area (Å²) in [5.74, 6) is 0.792. The van der Waals surface area contributed by atoms with Crippen LogP contribution >= 0.6 is 0 Å². The molecule has 0 heterocycles. The van der Waals surface area contributed by atoms with E-state index in [2.05, 4.69) is 0 Å². The number of amides is 1. The predicted molar refractivity (Wildman–Crippen MR) is 75.1 cm³/mol. The Kier molecular flexibility index (Phi) is 4.10. The summed E-state index contributed by atoms with van der Waals surface area (Å²) >= 11 is 0. The highest BCUT2D eigenvalue weighted by atomic mass is 16.5. The van der Waals surface area contributed by atoms with Crippen LogP contribution in [0.1, 0.15) is 36.9 Å². The lowest BCUT2D eigenvalue weighted by Crippen LogP contribution is -2.33. The fourth-order valence-electron chi connectivity index (χ4n) is 2.02. The van der Waals surface area contributed by atoms with Crippen LogP contribution in [0.25, 0.3) is 0 Å². The van der Waals surface area contributed by atoms with E-state index in [1.807, 2.05) is 39.1 Å². The Hall–Kier alpha value is -1.55. The number of hydrogen-bond donors (Lipinski definition) is 1. The van der Waals surface area contributed by atoms with E-state index >= 15 is 0 Å². The maximum absolute atomic E-state index is 11.9. The lowest BCUT2D eigenvalue weighted by Gasteiger charge is -2.17. The molecule has 0 bridgehead atoms. The highest BCUT2D eigenvalue weighted by Gasteiger charge is 2.29. The first-order chi connectivity index (χ1) is 8.99. The Morgan fingerprint density at radius 2 is 2.21 bits per heavy atom. The minimum absolute atomic E-state index is 0.00961. The second kappa shape index (κ2) is 5.61. The van der Waals surface area contributed by atoms with Crippen molar-refractivity contribution in [1.82, 2.24) is 4.90 Å². The maximum atomic E-state index is 11.9. The summed E-state index contributed by atoms with van der Waals surface area (Å²) in [5.41, 5.74) is 7.92. The van der Waals surface area contributed by atoms with Crippen LogP contribution in [0, 0.1) is 6.92 Å². The van der Waals surface area contributed by atoms with Crippen molar-refractivity contribution >= 4 is 5.91 Å². The molecule has 1 amide bonds. The number of aryl methyl sites for hydroxylation is 1. The summed E-state index contributed by atoms with van der Waals surface area (Å²) in [4.78, 5) is 13.6. The van der Waals surface area contributed by atoms with Gasteiger partial charge in [-0.2, -0.15) is 0 Å². The van der Waals surface area contributed by atoms with Gasteiger partial charge in [0, 0.05) is 19.1 Å². The molecule has 4 heteroatoms. The Morgan fingerprint density at radius 1 is 1.53 bits per heavy atom. The van der Waals surface area contributed by atoms with Crippen LogP contribution in [-0.2, 0) is 4.79 Å². The first-order valence-corrected chi connectivity index (χ1v) is 6.73. The van der Waals surface area contributed by atoms with Gasteiger partial charge in [0.1, 0.15) is 5.75 Å². The third-order valence-electron chi connectivity index (χ3n) is 3.56. The largest absolute Gasteiger partial charge is 0.484 e. The molecular weight excluding hydrogens is 240 g/mol. The molecule has 0 saturated heterocycles. The number of ether oxygens (including phenoxy) is 1. The zero-order chi connectivity index (χ0) is 14.0. The number of carbonyl (C=O) groups is 1. The Balaban J connectivity index is 1.93. The normalized spacial score (nSPS) is 16.0. The Bertz CT molecular complexity index is 467. The quantitative estimate of drug-likeness (QED) is 0.883. The molecule has 2 N–H and O–H groups in total. The standard InChI is InChI=1S/C15H22N2O2/c1-10-8-12(11(2)16)4-7-14(10)19-9-15(18)17(3)13-5-6-13/h4,7-8,11,13H,5-6,9,16H2,1-3H3/t11-/m1/s1. The monoisotopic (exact) mass is 262 g/mol. The van der Waals surface area contributed by atoms with Gasteiger partial charge in [-0.05, 0) is 43.9 Å². The van der Waals surface area contributed by atoms with Crippen LogP contribution in [0.4, 0.5) is 0 Å². The summed E-state index contributed by atoms with van der Waals surface area (Å²) in [5, 5.41) is 0. The van der Waals surface area contributed by atoms with E-state index in [0.29, 0.717) is 6.04 Å². The fourth-order valence-corrected chi connectivity index (χ4v) is 2.02. The molecule has 1 aliphatic rings. The van der Waals surface area contributed by atoms with Crippen LogP contribution in [0.3, 0.4) is 0 Å². The Morgan fingerprint density at radius 3 is 2.74 bits per heavy atom. The van der Waals surface area contributed by atoms with Crippen molar-refractivity contribution in [2.45, 2.75) is 38.8 Å². The third-order valence-corrected chi connectivity index (χ3v) is 3.56.